The van der Waals surface area contributed by atoms with Gasteiger partial charge in [0.15, 0.2) is 12.2 Å². The Morgan fingerprint density at radius 1 is 0.679 bits per heavy atom. The van der Waals surface area contributed by atoms with E-state index in [0.717, 1.165) is 25.7 Å². The third kappa shape index (κ3) is 8.33. The Balaban J connectivity index is 1.77. The van der Waals surface area contributed by atoms with Gasteiger partial charge in [-0.15, -0.1) is 0 Å². The Morgan fingerprint density at radius 3 is 1.79 bits per heavy atom. The minimum absolute atomic E-state index is 0.0396. The van der Waals surface area contributed by atoms with Gasteiger partial charge in [0.25, 0.3) is 0 Å². The molecule has 1 aliphatic heterocycles. The number of hydrogen-bond donors (Lipinski definition) is 0. The van der Waals surface area contributed by atoms with Crippen molar-refractivity contribution in [1.29, 1.82) is 0 Å². The summed E-state index contributed by atoms with van der Waals surface area (Å²) in [5, 5.41) is 0. The number of carbonyl (C=O) groups excluding carboxylic acids is 6. The van der Waals surface area contributed by atoms with Crippen molar-refractivity contribution in [1.82, 2.24) is 0 Å². The highest BCUT2D eigenvalue weighted by Gasteiger charge is 2.85. The quantitative estimate of drug-likeness (QED) is 0.112. The predicted octanol–water partition coefficient (Wildman–Crippen LogP) is 6.34. The van der Waals surface area contributed by atoms with Crippen molar-refractivity contribution >= 4 is 35.8 Å². The molecule has 2 bridgehead atoms. The predicted molar refractivity (Wildman–Crippen MR) is 200 cm³/mol. The minimum atomic E-state index is -2.02. The van der Waals surface area contributed by atoms with Crippen LogP contribution in [0.1, 0.15) is 114 Å². The molecular weight excluding hydrogens is 724 g/mol. The second kappa shape index (κ2) is 17.6. The number of ether oxygens (including phenoxy) is 7. The molecule has 13 nitrogen and oxygen atoms in total. The number of carbonyl (C=O) groups is 6. The lowest BCUT2D eigenvalue weighted by molar-refractivity contribution is -0.328. The molecule has 1 saturated heterocycles. The van der Waals surface area contributed by atoms with E-state index in [1.54, 1.807) is 81.4 Å². The molecule has 2 aromatic carbocycles. The molecule has 0 N–H and O–H groups in total. The molecule has 2 saturated carbocycles. The van der Waals surface area contributed by atoms with Gasteiger partial charge in [0, 0.05) is 27.2 Å². The molecule has 13 heteroatoms. The summed E-state index contributed by atoms with van der Waals surface area (Å²) in [5.41, 5.74) is -4.72. The van der Waals surface area contributed by atoms with E-state index in [1.165, 1.54) is 20.8 Å². The van der Waals surface area contributed by atoms with Crippen LogP contribution in [0, 0.1) is 17.3 Å². The fraction of sp³-hybridized carbons (Fsp3) is 0.581. The summed E-state index contributed by atoms with van der Waals surface area (Å²) in [4.78, 5) is 81.2. The lowest BCUT2D eigenvalue weighted by atomic mass is 9.47. The first kappa shape index (κ1) is 42.4. The van der Waals surface area contributed by atoms with E-state index in [1.807, 2.05) is 0 Å². The van der Waals surface area contributed by atoms with Crippen LogP contribution in [0.2, 0.25) is 0 Å². The van der Waals surface area contributed by atoms with Gasteiger partial charge in [0.2, 0.25) is 0 Å². The molecule has 3 aliphatic rings. The number of fused-ring (bicyclic) bond motifs is 1. The van der Waals surface area contributed by atoms with Gasteiger partial charge >= 0.3 is 35.8 Å². The molecular formula is C43H54O13. The zero-order valence-corrected chi connectivity index (χ0v) is 33.3. The molecule has 2 aliphatic carbocycles. The van der Waals surface area contributed by atoms with Gasteiger partial charge in [-0.2, -0.15) is 0 Å². The summed E-state index contributed by atoms with van der Waals surface area (Å²) >= 11 is 0. The summed E-state index contributed by atoms with van der Waals surface area (Å²) in [6.07, 6.45) is -2.54. The second-order valence-electron chi connectivity index (χ2n) is 15.7. The maximum atomic E-state index is 14.2. The van der Waals surface area contributed by atoms with Crippen molar-refractivity contribution in [2.45, 2.75) is 135 Å². The van der Waals surface area contributed by atoms with Crippen LogP contribution in [0.5, 0.6) is 0 Å². The molecule has 0 amide bonds. The van der Waals surface area contributed by atoms with Crippen molar-refractivity contribution in [3.63, 3.8) is 0 Å². The first-order chi connectivity index (χ1) is 26.6. The zero-order valence-electron chi connectivity index (χ0n) is 33.3. The number of unbranched alkanes of at least 4 members (excludes halogenated alkanes) is 4. The maximum Gasteiger partial charge on any atom is 0.338 e. The van der Waals surface area contributed by atoms with Crippen LogP contribution in [-0.2, 0) is 52.3 Å². The molecule has 1 heterocycles. The number of benzene rings is 2. The Hall–Kier alpha value is -4.78. The Bertz CT molecular complexity index is 1740. The third-order valence-electron chi connectivity index (χ3n) is 11.4. The third-order valence-corrected chi connectivity index (χ3v) is 11.4. The molecule has 0 radical (unpaired) electrons. The average molecular weight is 779 g/mol. The highest BCUT2D eigenvalue weighted by atomic mass is 16.6. The minimum Gasteiger partial charge on any atom is -0.465 e. The lowest BCUT2D eigenvalue weighted by Gasteiger charge is -2.64. The maximum absolute atomic E-state index is 14.2. The highest BCUT2D eigenvalue weighted by molar-refractivity contribution is 5.90. The van der Waals surface area contributed by atoms with E-state index < -0.39 is 101 Å². The molecule has 304 valence electrons. The van der Waals surface area contributed by atoms with Crippen molar-refractivity contribution in [3.05, 3.63) is 71.8 Å². The number of hydrogen-bond acceptors (Lipinski definition) is 13. The van der Waals surface area contributed by atoms with Crippen LogP contribution in [0.15, 0.2) is 60.7 Å². The van der Waals surface area contributed by atoms with E-state index in [-0.39, 0.29) is 24.0 Å². The molecule has 0 aromatic heterocycles. The average Bonchev–Trinajstić information content (AvgIpc) is 3.34. The fourth-order valence-corrected chi connectivity index (χ4v) is 9.27. The first-order valence-electron chi connectivity index (χ1n) is 19.5. The number of esters is 6. The van der Waals surface area contributed by atoms with Crippen molar-refractivity contribution in [3.8, 4) is 0 Å². The first-order valence-corrected chi connectivity index (χ1v) is 19.5. The van der Waals surface area contributed by atoms with Crippen LogP contribution in [-0.4, -0.2) is 84.1 Å². The van der Waals surface area contributed by atoms with Crippen LogP contribution in [0.3, 0.4) is 0 Å². The SMILES string of the molecule is CCCCCCCC(=O)OC1CC(C)C23OC(C)(C)C(C(OC(=O)c4ccccc4)C(OC(C)=O)C2(COC(C)=O)C1OC(=O)c1ccccc1)C3OC(C)=O. The number of rotatable bonds is 15. The van der Waals surface area contributed by atoms with Crippen LogP contribution < -0.4 is 0 Å². The normalized spacial score (nSPS) is 29.9. The second-order valence-corrected chi connectivity index (χ2v) is 15.7. The smallest absolute Gasteiger partial charge is 0.338 e. The van der Waals surface area contributed by atoms with Gasteiger partial charge < -0.3 is 33.2 Å². The molecule has 9 unspecified atom stereocenters. The Labute approximate surface area is 328 Å². The largest absolute Gasteiger partial charge is 0.465 e. The Kier molecular flexibility index (Phi) is 13.3. The van der Waals surface area contributed by atoms with Crippen LogP contribution in [0.4, 0.5) is 0 Å². The van der Waals surface area contributed by atoms with E-state index >= 15 is 0 Å². The van der Waals surface area contributed by atoms with Crippen molar-refractivity contribution < 1.29 is 61.9 Å². The topological polar surface area (TPSA) is 167 Å². The van der Waals surface area contributed by atoms with Gasteiger partial charge in [-0.05, 0) is 56.9 Å². The monoisotopic (exact) mass is 778 g/mol. The summed E-state index contributed by atoms with van der Waals surface area (Å²) in [6, 6.07) is 16.3. The van der Waals surface area contributed by atoms with Gasteiger partial charge in [-0.1, -0.05) is 75.9 Å². The molecule has 3 fully saturated rings. The van der Waals surface area contributed by atoms with Crippen LogP contribution in [0.25, 0.3) is 0 Å². The van der Waals surface area contributed by atoms with E-state index in [9.17, 15) is 28.8 Å². The van der Waals surface area contributed by atoms with E-state index in [2.05, 4.69) is 6.92 Å². The molecule has 5 rings (SSSR count). The summed E-state index contributed by atoms with van der Waals surface area (Å²) in [7, 11) is 0. The van der Waals surface area contributed by atoms with Crippen LogP contribution >= 0.6 is 0 Å². The molecule has 2 aromatic rings. The standard InChI is InChI=1S/C43H54O13/c1-8-9-10-11-18-23-33(47)53-32-24-26(2)43-37(51-28(4)45)34(41(6,7)56-43)35(54-39(48)30-19-14-12-15-20-30)38(52-29(5)46)42(43,25-50-27(3)44)36(32)55-40(49)31-21-16-13-17-22-31/h12-17,19-22,26,32,34-38H,8-11,18,23-25H2,1-7H3. The van der Waals surface area contributed by atoms with E-state index in [0.29, 0.717) is 6.42 Å². The lowest BCUT2D eigenvalue weighted by Crippen LogP contribution is -2.81. The summed E-state index contributed by atoms with van der Waals surface area (Å²) < 4.78 is 44.5. The zero-order chi connectivity index (χ0) is 40.8. The highest BCUT2D eigenvalue weighted by Crippen LogP contribution is 2.68. The summed E-state index contributed by atoms with van der Waals surface area (Å²) in [5.74, 6) is -6.08. The van der Waals surface area contributed by atoms with E-state index in [4.69, 9.17) is 33.2 Å². The van der Waals surface area contributed by atoms with Gasteiger partial charge in [-0.25, -0.2) is 9.59 Å². The summed E-state index contributed by atoms with van der Waals surface area (Å²) in [6.45, 7) is 10.3. The van der Waals surface area contributed by atoms with Crippen molar-refractivity contribution in [2.75, 3.05) is 6.61 Å². The molecule has 9 atom stereocenters. The van der Waals surface area contributed by atoms with Gasteiger partial charge in [-0.3, -0.25) is 19.2 Å². The molecule has 56 heavy (non-hydrogen) atoms. The fourth-order valence-electron chi connectivity index (χ4n) is 9.27. The van der Waals surface area contributed by atoms with Gasteiger partial charge in [0.05, 0.1) is 22.6 Å². The molecule has 1 spiro atoms. The van der Waals surface area contributed by atoms with Crippen molar-refractivity contribution in [2.24, 2.45) is 17.3 Å². The van der Waals surface area contributed by atoms with Gasteiger partial charge in [0.1, 0.15) is 35.9 Å². The Morgan fingerprint density at radius 2 is 1.23 bits per heavy atom.